The lowest BCUT2D eigenvalue weighted by molar-refractivity contribution is -0.140. The molecule has 0 aliphatic carbocycles. The van der Waals surface area contributed by atoms with E-state index in [4.69, 9.17) is 4.74 Å². The number of anilines is 1. The summed E-state index contributed by atoms with van der Waals surface area (Å²) in [6.07, 6.45) is 0.963. The largest absolute Gasteiger partial charge is 0.494 e. The normalized spacial score (nSPS) is 12.5. The van der Waals surface area contributed by atoms with Crippen LogP contribution in [0, 0.1) is 0 Å². The number of sulfonamides is 1. The number of carbonyl (C=O) groups excluding carboxylic acids is 2. The third kappa shape index (κ3) is 9.20. The van der Waals surface area contributed by atoms with E-state index in [1.807, 2.05) is 75.4 Å². The van der Waals surface area contributed by atoms with Gasteiger partial charge in [-0.15, -0.1) is 0 Å². The molecule has 1 N–H and O–H groups in total. The third-order valence-electron chi connectivity index (χ3n) is 7.58. The standard InChI is InChI=1S/C36H40BrN3O5S/c1-4-27(3)38-36(42)34(24-28-12-8-6-9-13-28)39(25-29-16-18-30(37)19-17-29)35(41)26-40(31-20-22-32(23-21-31)45-5-2)46(43,44)33-14-10-7-11-15-33/h6-23,27,34H,4-5,24-26H2,1-3H3,(H,38,42)/t27-,34-/m0/s1. The Bertz CT molecular complexity index is 1670. The molecule has 10 heteroatoms. The van der Waals surface area contributed by atoms with Crippen LogP contribution in [0.1, 0.15) is 38.3 Å². The molecular formula is C36H40BrN3O5S. The number of hydrogen-bond acceptors (Lipinski definition) is 5. The van der Waals surface area contributed by atoms with Crippen molar-refractivity contribution in [2.75, 3.05) is 17.5 Å². The lowest BCUT2D eigenvalue weighted by Crippen LogP contribution is -2.54. The molecule has 0 aliphatic heterocycles. The van der Waals surface area contributed by atoms with Crippen LogP contribution in [-0.4, -0.2) is 50.4 Å². The zero-order valence-electron chi connectivity index (χ0n) is 26.3. The first-order valence-electron chi connectivity index (χ1n) is 15.3. The molecule has 0 fully saturated rings. The van der Waals surface area contributed by atoms with Crippen molar-refractivity contribution in [3.8, 4) is 5.75 Å². The second-order valence-corrected chi connectivity index (χ2v) is 13.7. The minimum atomic E-state index is -4.18. The molecule has 8 nitrogen and oxygen atoms in total. The van der Waals surface area contributed by atoms with Gasteiger partial charge in [0.05, 0.1) is 17.2 Å². The van der Waals surface area contributed by atoms with Gasteiger partial charge in [-0.1, -0.05) is 83.5 Å². The Morgan fingerprint density at radius 1 is 0.826 bits per heavy atom. The van der Waals surface area contributed by atoms with Crippen molar-refractivity contribution >= 4 is 43.5 Å². The molecule has 0 aromatic heterocycles. The number of benzene rings is 4. The molecule has 0 unspecified atom stereocenters. The number of ether oxygens (including phenoxy) is 1. The van der Waals surface area contributed by atoms with Crippen LogP contribution in [0.25, 0.3) is 0 Å². The van der Waals surface area contributed by atoms with Crippen molar-refractivity contribution in [2.24, 2.45) is 0 Å². The van der Waals surface area contributed by atoms with E-state index in [9.17, 15) is 18.0 Å². The zero-order valence-corrected chi connectivity index (χ0v) is 28.7. The van der Waals surface area contributed by atoms with Gasteiger partial charge < -0.3 is 15.0 Å². The molecule has 0 saturated carbocycles. The number of amides is 2. The van der Waals surface area contributed by atoms with Crippen LogP contribution < -0.4 is 14.4 Å². The molecule has 0 radical (unpaired) electrons. The van der Waals surface area contributed by atoms with E-state index >= 15 is 0 Å². The lowest BCUT2D eigenvalue weighted by Gasteiger charge is -2.34. The first kappa shape index (κ1) is 34.7. The lowest BCUT2D eigenvalue weighted by atomic mass is 10.0. The van der Waals surface area contributed by atoms with Crippen molar-refractivity contribution in [3.05, 3.63) is 125 Å². The van der Waals surface area contributed by atoms with Gasteiger partial charge in [0.25, 0.3) is 10.0 Å². The molecule has 0 spiro atoms. The Hall–Kier alpha value is -4.15. The highest BCUT2D eigenvalue weighted by atomic mass is 79.9. The van der Waals surface area contributed by atoms with E-state index in [0.717, 1.165) is 19.9 Å². The van der Waals surface area contributed by atoms with Crippen LogP contribution in [0.5, 0.6) is 5.75 Å². The molecular weight excluding hydrogens is 666 g/mol. The van der Waals surface area contributed by atoms with Gasteiger partial charge in [0.15, 0.2) is 0 Å². The minimum Gasteiger partial charge on any atom is -0.494 e. The van der Waals surface area contributed by atoms with E-state index in [1.54, 1.807) is 42.5 Å². The number of rotatable bonds is 15. The van der Waals surface area contributed by atoms with Crippen LogP contribution in [-0.2, 0) is 32.6 Å². The van der Waals surface area contributed by atoms with Crippen molar-refractivity contribution in [1.29, 1.82) is 0 Å². The second kappa shape index (κ2) is 16.4. The summed E-state index contributed by atoms with van der Waals surface area (Å²) in [6.45, 7) is 5.78. The van der Waals surface area contributed by atoms with Gasteiger partial charge >= 0.3 is 0 Å². The van der Waals surface area contributed by atoms with Gasteiger partial charge in [-0.05, 0) is 79.9 Å². The van der Waals surface area contributed by atoms with Gasteiger partial charge in [0.1, 0.15) is 18.3 Å². The molecule has 0 bridgehead atoms. The van der Waals surface area contributed by atoms with E-state index in [-0.39, 0.29) is 29.8 Å². The van der Waals surface area contributed by atoms with Gasteiger partial charge in [-0.2, -0.15) is 0 Å². The molecule has 0 saturated heterocycles. The minimum absolute atomic E-state index is 0.0477. The van der Waals surface area contributed by atoms with Gasteiger partial charge in [0, 0.05) is 23.5 Å². The van der Waals surface area contributed by atoms with Crippen molar-refractivity contribution in [1.82, 2.24) is 10.2 Å². The summed E-state index contributed by atoms with van der Waals surface area (Å²) >= 11 is 3.46. The van der Waals surface area contributed by atoms with E-state index < -0.39 is 28.5 Å². The van der Waals surface area contributed by atoms with Crippen LogP contribution in [0.3, 0.4) is 0 Å². The fraction of sp³-hybridized carbons (Fsp3) is 0.278. The van der Waals surface area contributed by atoms with Gasteiger partial charge in [-0.3, -0.25) is 13.9 Å². The summed E-state index contributed by atoms with van der Waals surface area (Å²) in [5.41, 5.74) is 1.97. The quantitative estimate of drug-likeness (QED) is 0.150. The highest BCUT2D eigenvalue weighted by Crippen LogP contribution is 2.27. The van der Waals surface area contributed by atoms with Crippen LogP contribution in [0.2, 0.25) is 0 Å². The Balaban J connectivity index is 1.79. The molecule has 0 aliphatic rings. The molecule has 4 aromatic carbocycles. The number of nitrogens with one attached hydrogen (secondary N) is 1. The van der Waals surface area contributed by atoms with Crippen molar-refractivity contribution < 1.29 is 22.7 Å². The van der Waals surface area contributed by atoms with Gasteiger partial charge in [-0.25, -0.2) is 8.42 Å². The highest BCUT2D eigenvalue weighted by Gasteiger charge is 2.35. The van der Waals surface area contributed by atoms with Crippen molar-refractivity contribution in [3.63, 3.8) is 0 Å². The maximum absolute atomic E-state index is 14.5. The predicted octanol–water partition coefficient (Wildman–Crippen LogP) is 6.60. The fourth-order valence-corrected chi connectivity index (χ4v) is 6.60. The van der Waals surface area contributed by atoms with Crippen LogP contribution in [0.4, 0.5) is 5.69 Å². The smallest absolute Gasteiger partial charge is 0.264 e. The molecule has 46 heavy (non-hydrogen) atoms. The Morgan fingerprint density at radius 2 is 1.43 bits per heavy atom. The van der Waals surface area contributed by atoms with Gasteiger partial charge in [0.2, 0.25) is 11.8 Å². The summed E-state index contributed by atoms with van der Waals surface area (Å²) in [4.78, 5) is 30.0. The average Bonchev–Trinajstić information content (AvgIpc) is 3.07. The molecule has 0 heterocycles. The summed E-state index contributed by atoms with van der Waals surface area (Å²) in [5.74, 6) is -0.241. The Kier molecular flexibility index (Phi) is 12.4. The number of halogens is 1. The maximum Gasteiger partial charge on any atom is 0.264 e. The summed E-state index contributed by atoms with van der Waals surface area (Å²) in [7, 11) is -4.18. The number of hydrogen-bond donors (Lipinski definition) is 1. The Labute approximate surface area is 280 Å². The van der Waals surface area contributed by atoms with E-state index in [2.05, 4.69) is 21.2 Å². The van der Waals surface area contributed by atoms with Crippen LogP contribution in [0.15, 0.2) is 119 Å². The molecule has 4 aromatic rings. The number of nitrogens with zero attached hydrogens (tertiary/aromatic N) is 2. The first-order valence-corrected chi connectivity index (χ1v) is 17.5. The summed E-state index contributed by atoms with van der Waals surface area (Å²) in [5, 5.41) is 3.05. The van der Waals surface area contributed by atoms with Crippen molar-refractivity contribution in [2.45, 2.75) is 57.1 Å². The second-order valence-electron chi connectivity index (χ2n) is 10.9. The third-order valence-corrected chi connectivity index (χ3v) is 9.90. The zero-order chi connectivity index (χ0) is 33.1. The summed E-state index contributed by atoms with van der Waals surface area (Å²) in [6, 6.07) is 30.6. The number of carbonyl (C=O) groups is 2. The average molecular weight is 707 g/mol. The molecule has 242 valence electrons. The highest BCUT2D eigenvalue weighted by molar-refractivity contribution is 9.10. The Morgan fingerprint density at radius 3 is 2.02 bits per heavy atom. The monoisotopic (exact) mass is 705 g/mol. The molecule has 2 atom stereocenters. The predicted molar refractivity (Wildman–Crippen MR) is 185 cm³/mol. The maximum atomic E-state index is 14.5. The molecule has 4 rings (SSSR count). The molecule has 2 amide bonds. The topological polar surface area (TPSA) is 96.0 Å². The van der Waals surface area contributed by atoms with E-state index in [1.165, 1.54) is 17.0 Å². The first-order chi connectivity index (χ1) is 22.1. The van der Waals surface area contributed by atoms with Crippen LogP contribution >= 0.6 is 15.9 Å². The van der Waals surface area contributed by atoms with E-state index in [0.29, 0.717) is 24.5 Å². The fourth-order valence-electron chi connectivity index (χ4n) is 4.91. The SMILES string of the molecule is CCOc1ccc(N(CC(=O)N(Cc2ccc(Br)cc2)[C@@H](Cc2ccccc2)C(=O)N[C@@H](C)CC)S(=O)(=O)c2ccccc2)cc1. The summed E-state index contributed by atoms with van der Waals surface area (Å²) < 4.78 is 35.8.